The fraction of sp³-hybridized carbons (Fsp3) is 0.455. The Kier molecular flexibility index (Phi) is 2.70. The number of aromatic hydroxyl groups is 1. The van der Waals surface area contributed by atoms with Crippen molar-refractivity contribution in [1.82, 2.24) is 5.32 Å². The summed E-state index contributed by atoms with van der Waals surface area (Å²) in [7, 11) is 0. The first-order valence-corrected chi connectivity index (χ1v) is 4.88. The molecule has 0 amide bonds. The summed E-state index contributed by atoms with van der Waals surface area (Å²) < 4.78 is 5.44. The second-order valence-electron chi connectivity index (χ2n) is 3.75. The third-order valence-electron chi connectivity index (χ3n) is 2.41. The highest BCUT2D eigenvalue weighted by Gasteiger charge is 2.19. The Morgan fingerprint density at radius 1 is 1.43 bits per heavy atom. The molecule has 1 fully saturated rings. The Labute approximate surface area is 83.7 Å². The van der Waals surface area contributed by atoms with Crippen LogP contribution in [0.1, 0.15) is 18.5 Å². The van der Waals surface area contributed by atoms with E-state index in [1.165, 1.54) is 0 Å². The van der Waals surface area contributed by atoms with Crippen molar-refractivity contribution in [3.8, 4) is 5.75 Å². The van der Waals surface area contributed by atoms with Crippen molar-refractivity contribution in [2.24, 2.45) is 0 Å². The van der Waals surface area contributed by atoms with Crippen molar-refractivity contribution in [3.63, 3.8) is 0 Å². The maximum absolute atomic E-state index is 9.34. The highest BCUT2D eigenvalue weighted by molar-refractivity contribution is 5.29. The van der Waals surface area contributed by atoms with E-state index in [2.05, 4.69) is 12.2 Å². The third-order valence-corrected chi connectivity index (χ3v) is 2.41. The monoisotopic (exact) mass is 193 g/mol. The lowest BCUT2D eigenvalue weighted by Crippen LogP contribution is -2.41. The van der Waals surface area contributed by atoms with Gasteiger partial charge in [-0.15, -0.1) is 0 Å². The normalized spacial score (nSPS) is 27.5. The maximum Gasteiger partial charge on any atom is 0.115 e. The number of nitrogens with one attached hydrogen (secondary N) is 1. The molecule has 3 heteroatoms. The van der Waals surface area contributed by atoms with Crippen molar-refractivity contribution >= 4 is 0 Å². The number of benzene rings is 1. The molecule has 3 nitrogen and oxygen atoms in total. The van der Waals surface area contributed by atoms with Gasteiger partial charge in [-0.3, -0.25) is 0 Å². The van der Waals surface area contributed by atoms with Crippen LogP contribution in [0, 0.1) is 0 Å². The molecule has 0 spiro atoms. The molecule has 1 aliphatic rings. The standard InChI is InChI=1S/C11H15NO2/c1-8-6-14-7-11(12-8)9-3-2-4-10(13)5-9/h2-5,8,11-13H,6-7H2,1H3. The van der Waals surface area contributed by atoms with Crippen molar-refractivity contribution < 1.29 is 9.84 Å². The number of rotatable bonds is 1. The molecular formula is C11H15NO2. The number of phenolic OH excluding ortho intramolecular Hbond substituents is 1. The van der Waals surface area contributed by atoms with E-state index in [1.807, 2.05) is 12.1 Å². The van der Waals surface area contributed by atoms with Crippen molar-refractivity contribution in [3.05, 3.63) is 29.8 Å². The van der Waals surface area contributed by atoms with Crippen molar-refractivity contribution in [2.75, 3.05) is 13.2 Å². The second-order valence-corrected chi connectivity index (χ2v) is 3.75. The average molecular weight is 193 g/mol. The molecule has 14 heavy (non-hydrogen) atoms. The Morgan fingerprint density at radius 3 is 3.00 bits per heavy atom. The molecule has 0 bridgehead atoms. The Morgan fingerprint density at radius 2 is 2.29 bits per heavy atom. The van der Waals surface area contributed by atoms with Crippen LogP contribution in [0.5, 0.6) is 5.75 Å². The number of morpholine rings is 1. The lowest BCUT2D eigenvalue weighted by atomic mass is 10.1. The van der Waals surface area contributed by atoms with E-state index in [0.29, 0.717) is 18.4 Å². The van der Waals surface area contributed by atoms with E-state index in [4.69, 9.17) is 4.74 Å². The van der Waals surface area contributed by atoms with E-state index in [-0.39, 0.29) is 6.04 Å². The van der Waals surface area contributed by atoms with Gasteiger partial charge in [-0.25, -0.2) is 0 Å². The smallest absolute Gasteiger partial charge is 0.115 e. The molecule has 0 aromatic heterocycles. The summed E-state index contributed by atoms with van der Waals surface area (Å²) in [4.78, 5) is 0. The van der Waals surface area contributed by atoms with Gasteiger partial charge in [0.1, 0.15) is 5.75 Å². The highest BCUT2D eigenvalue weighted by atomic mass is 16.5. The number of hydrogen-bond acceptors (Lipinski definition) is 3. The molecule has 0 saturated carbocycles. The van der Waals surface area contributed by atoms with Gasteiger partial charge in [0.25, 0.3) is 0 Å². The van der Waals surface area contributed by atoms with E-state index in [0.717, 1.165) is 12.2 Å². The molecule has 1 aromatic rings. The molecule has 1 aliphatic heterocycles. The van der Waals surface area contributed by atoms with Crippen LogP contribution in [-0.4, -0.2) is 24.4 Å². The molecule has 76 valence electrons. The van der Waals surface area contributed by atoms with Gasteiger partial charge in [0, 0.05) is 6.04 Å². The van der Waals surface area contributed by atoms with Gasteiger partial charge >= 0.3 is 0 Å². The zero-order valence-corrected chi connectivity index (χ0v) is 8.23. The predicted molar refractivity (Wildman–Crippen MR) is 54.3 cm³/mol. The largest absolute Gasteiger partial charge is 0.508 e. The zero-order chi connectivity index (χ0) is 9.97. The number of phenols is 1. The van der Waals surface area contributed by atoms with Crippen LogP contribution in [0.15, 0.2) is 24.3 Å². The first-order chi connectivity index (χ1) is 6.75. The van der Waals surface area contributed by atoms with Gasteiger partial charge in [0.2, 0.25) is 0 Å². The fourth-order valence-electron chi connectivity index (χ4n) is 1.74. The first-order valence-electron chi connectivity index (χ1n) is 4.88. The van der Waals surface area contributed by atoms with Crippen LogP contribution in [-0.2, 0) is 4.74 Å². The zero-order valence-electron chi connectivity index (χ0n) is 8.23. The summed E-state index contributed by atoms with van der Waals surface area (Å²) in [6.45, 7) is 3.53. The average Bonchev–Trinajstić information content (AvgIpc) is 2.18. The van der Waals surface area contributed by atoms with Crippen molar-refractivity contribution in [1.29, 1.82) is 0 Å². The quantitative estimate of drug-likeness (QED) is 0.709. The van der Waals surface area contributed by atoms with E-state index >= 15 is 0 Å². The van der Waals surface area contributed by atoms with Gasteiger partial charge in [-0.2, -0.15) is 0 Å². The van der Waals surface area contributed by atoms with E-state index < -0.39 is 0 Å². The van der Waals surface area contributed by atoms with Crippen molar-refractivity contribution in [2.45, 2.75) is 19.0 Å². The minimum absolute atomic E-state index is 0.200. The number of hydrogen-bond donors (Lipinski definition) is 2. The molecular weight excluding hydrogens is 178 g/mol. The molecule has 1 aromatic carbocycles. The van der Waals surface area contributed by atoms with Gasteiger partial charge in [0.15, 0.2) is 0 Å². The van der Waals surface area contributed by atoms with E-state index in [1.54, 1.807) is 12.1 Å². The van der Waals surface area contributed by atoms with Crippen LogP contribution in [0.4, 0.5) is 0 Å². The molecule has 2 unspecified atom stereocenters. The summed E-state index contributed by atoms with van der Waals surface area (Å²) in [5.74, 6) is 0.308. The van der Waals surface area contributed by atoms with Gasteiger partial charge in [-0.05, 0) is 24.6 Å². The minimum atomic E-state index is 0.200. The summed E-state index contributed by atoms with van der Waals surface area (Å²) in [5.41, 5.74) is 1.08. The lowest BCUT2D eigenvalue weighted by molar-refractivity contribution is 0.0503. The predicted octanol–water partition coefficient (Wildman–Crippen LogP) is 1.44. The van der Waals surface area contributed by atoms with Crippen LogP contribution in [0.3, 0.4) is 0 Å². The minimum Gasteiger partial charge on any atom is -0.508 e. The lowest BCUT2D eigenvalue weighted by Gasteiger charge is -2.29. The molecule has 0 aliphatic carbocycles. The summed E-state index contributed by atoms with van der Waals surface area (Å²) in [5, 5.41) is 12.8. The first kappa shape index (κ1) is 9.49. The molecule has 2 rings (SSSR count). The Hall–Kier alpha value is -1.06. The molecule has 2 N–H and O–H groups in total. The summed E-state index contributed by atoms with van der Waals surface area (Å²) in [6, 6.07) is 7.88. The Bertz CT molecular complexity index is 314. The SMILES string of the molecule is CC1COCC(c2cccc(O)c2)N1. The Balaban J connectivity index is 2.14. The van der Waals surface area contributed by atoms with Gasteiger partial charge < -0.3 is 15.2 Å². The van der Waals surface area contributed by atoms with Crippen LogP contribution < -0.4 is 5.32 Å². The highest BCUT2D eigenvalue weighted by Crippen LogP contribution is 2.21. The van der Waals surface area contributed by atoms with Gasteiger partial charge in [-0.1, -0.05) is 12.1 Å². The fourth-order valence-corrected chi connectivity index (χ4v) is 1.74. The maximum atomic E-state index is 9.34. The van der Waals surface area contributed by atoms with Crippen LogP contribution >= 0.6 is 0 Å². The van der Waals surface area contributed by atoms with Gasteiger partial charge in [0.05, 0.1) is 19.3 Å². The third kappa shape index (κ3) is 2.05. The second kappa shape index (κ2) is 3.98. The molecule has 2 atom stereocenters. The number of ether oxygens (including phenoxy) is 1. The van der Waals surface area contributed by atoms with E-state index in [9.17, 15) is 5.11 Å². The molecule has 1 heterocycles. The summed E-state index contributed by atoms with van der Waals surface area (Å²) in [6.07, 6.45) is 0. The summed E-state index contributed by atoms with van der Waals surface area (Å²) >= 11 is 0. The molecule has 1 saturated heterocycles. The van der Waals surface area contributed by atoms with Crippen LogP contribution in [0.25, 0.3) is 0 Å². The topological polar surface area (TPSA) is 41.5 Å². The van der Waals surface area contributed by atoms with Crippen LogP contribution in [0.2, 0.25) is 0 Å². The molecule has 0 radical (unpaired) electrons.